The molecule has 0 aliphatic rings. The Bertz CT molecular complexity index is 271. The highest BCUT2D eigenvalue weighted by atomic mass is 16.3. The molecule has 1 unspecified atom stereocenters. The van der Waals surface area contributed by atoms with Crippen LogP contribution in [0, 0.1) is 12.3 Å². The number of hydrogen-bond donors (Lipinski definition) is 1. The van der Waals surface area contributed by atoms with Gasteiger partial charge in [-0.25, -0.2) is 0 Å². The first-order valence-electron chi connectivity index (χ1n) is 5.04. The van der Waals surface area contributed by atoms with Gasteiger partial charge >= 0.3 is 0 Å². The van der Waals surface area contributed by atoms with Gasteiger partial charge in [-0.3, -0.25) is 0 Å². The Hall–Kier alpha value is -1.20. The molecule has 0 saturated carbocycles. The number of nitrogens with two attached hydrogens (primary N) is 1. The molecular weight excluding hydrogens is 174 g/mol. The lowest BCUT2D eigenvalue weighted by Gasteiger charge is -2.08. The molecule has 76 valence electrons. The van der Waals surface area contributed by atoms with E-state index in [1.54, 1.807) is 6.26 Å². The van der Waals surface area contributed by atoms with Gasteiger partial charge in [0.1, 0.15) is 5.76 Å². The van der Waals surface area contributed by atoms with Gasteiger partial charge in [0.15, 0.2) is 0 Å². The summed E-state index contributed by atoms with van der Waals surface area (Å²) in [5.41, 5.74) is 5.92. The molecule has 2 nitrogen and oxygen atoms in total. The van der Waals surface area contributed by atoms with Crippen molar-refractivity contribution in [2.45, 2.75) is 38.1 Å². The van der Waals surface area contributed by atoms with E-state index in [0.717, 1.165) is 37.9 Å². The molecule has 2 heteroatoms. The van der Waals surface area contributed by atoms with Crippen molar-refractivity contribution in [2.24, 2.45) is 5.73 Å². The van der Waals surface area contributed by atoms with E-state index < -0.39 is 0 Å². The van der Waals surface area contributed by atoms with Crippen molar-refractivity contribution in [3.8, 4) is 12.3 Å². The van der Waals surface area contributed by atoms with E-state index in [4.69, 9.17) is 16.6 Å². The first-order valence-corrected chi connectivity index (χ1v) is 5.04. The fourth-order valence-electron chi connectivity index (χ4n) is 1.39. The average Bonchev–Trinajstić information content (AvgIpc) is 2.68. The van der Waals surface area contributed by atoms with Crippen LogP contribution < -0.4 is 5.73 Å². The van der Waals surface area contributed by atoms with Crippen LogP contribution in [0.2, 0.25) is 0 Å². The highest BCUT2D eigenvalue weighted by Crippen LogP contribution is 2.08. The molecule has 0 aliphatic carbocycles. The zero-order valence-corrected chi connectivity index (χ0v) is 8.41. The smallest absolute Gasteiger partial charge is 0.103 e. The molecule has 1 aromatic heterocycles. The quantitative estimate of drug-likeness (QED) is 0.553. The van der Waals surface area contributed by atoms with Gasteiger partial charge in [-0.05, 0) is 31.4 Å². The molecule has 1 heterocycles. The van der Waals surface area contributed by atoms with Crippen molar-refractivity contribution in [3.05, 3.63) is 24.2 Å². The lowest BCUT2D eigenvalue weighted by atomic mass is 10.0. The van der Waals surface area contributed by atoms with Crippen molar-refractivity contribution in [2.75, 3.05) is 0 Å². The molecule has 0 bridgehead atoms. The Kier molecular flexibility index (Phi) is 4.88. The Morgan fingerprint density at radius 2 is 2.36 bits per heavy atom. The Morgan fingerprint density at radius 1 is 1.50 bits per heavy atom. The van der Waals surface area contributed by atoms with Crippen LogP contribution >= 0.6 is 0 Å². The second kappa shape index (κ2) is 6.28. The molecule has 0 radical (unpaired) electrons. The molecule has 14 heavy (non-hydrogen) atoms. The zero-order valence-electron chi connectivity index (χ0n) is 8.41. The minimum atomic E-state index is 0.244. The van der Waals surface area contributed by atoms with Crippen LogP contribution in [-0.2, 0) is 6.42 Å². The number of terminal acetylenes is 1. The predicted molar refractivity (Wildman–Crippen MR) is 57.7 cm³/mol. The van der Waals surface area contributed by atoms with Gasteiger partial charge in [0.25, 0.3) is 0 Å². The maximum absolute atomic E-state index is 5.92. The van der Waals surface area contributed by atoms with E-state index in [9.17, 15) is 0 Å². The van der Waals surface area contributed by atoms with Crippen LogP contribution in [-0.4, -0.2) is 6.04 Å². The van der Waals surface area contributed by atoms with E-state index in [1.807, 2.05) is 12.1 Å². The molecule has 0 fully saturated rings. The third-order valence-electron chi connectivity index (χ3n) is 2.24. The van der Waals surface area contributed by atoms with Crippen LogP contribution in [0.4, 0.5) is 0 Å². The van der Waals surface area contributed by atoms with Crippen molar-refractivity contribution in [1.82, 2.24) is 0 Å². The fraction of sp³-hybridized carbons (Fsp3) is 0.500. The Labute approximate surface area is 85.5 Å². The van der Waals surface area contributed by atoms with Gasteiger partial charge in [-0.15, -0.1) is 12.3 Å². The SMILES string of the molecule is C#CCCCC(N)CCc1ccco1. The van der Waals surface area contributed by atoms with E-state index in [0.29, 0.717) is 0 Å². The number of hydrogen-bond acceptors (Lipinski definition) is 2. The summed E-state index contributed by atoms with van der Waals surface area (Å²) < 4.78 is 5.22. The second-order valence-corrected chi connectivity index (χ2v) is 3.47. The summed E-state index contributed by atoms with van der Waals surface area (Å²) >= 11 is 0. The summed E-state index contributed by atoms with van der Waals surface area (Å²) in [6.45, 7) is 0. The van der Waals surface area contributed by atoms with Gasteiger partial charge < -0.3 is 10.2 Å². The first kappa shape index (κ1) is 10.9. The van der Waals surface area contributed by atoms with Gasteiger partial charge in [0, 0.05) is 18.9 Å². The second-order valence-electron chi connectivity index (χ2n) is 3.47. The minimum absolute atomic E-state index is 0.244. The van der Waals surface area contributed by atoms with Crippen molar-refractivity contribution >= 4 is 0 Å². The van der Waals surface area contributed by atoms with Gasteiger partial charge in [-0.2, -0.15) is 0 Å². The van der Waals surface area contributed by atoms with Crippen LogP contribution in [0.5, 0.6) is 0 Å². The molecular formula is C12H17NO. The first-order chi connectivity index (χ1) is 6.83. The predicted octanol–water partition coefficient (Wildman–Crippen LogP) is 2.34. The maximum Gasteiger partial charge on any atom is 0.103 e. The number of furan rings is 1. The monoisotopic (exact) mass is 191 g/mol. The van der Waals surface area contributed by atoms with Gasteiger partial charge in [0.2, 0.25) is 0 Å². The molecule has 1 atom stereocenters. The van der Waals surface area contributed by atoms with E-state index in [1.165, 1.54) is 0 Å². The van der Waals surface area contributed by atoms with Crippen LogP contribution in [0.15, 0.2) is 22.8 Å². The molecule has 0 aromatic carbocycles. The summed E-state index contributed by atoms with van der Waals surface area (Å²) in [5.74, 6) is 3.63. The molecule has 1 rings (SSSR count). The summed E-state index contributed by atoms with van der Waals surface area (Å²) in [4.78, 5) is 0. The fourth-order valence-corrected chi connectivity index (χ4v) is 1.39. The highest BCUT2D eigenvalue weighted by molar-refractivity contribution is 4.98. The van der Waals surface area contributed by atoms with E-state index in [2.05, 4.69) is 5.92 Å². The van der Waals surface area contributed by atoms with Crippen LogP contribution in [0.25, 0.3) is 0 Å². The highest BCUT2D eigenvalue weighted by Gasteiger charge is 2.03. The normalized spacial score (nSPS) is 12.3. The molecule has 0 spiro atoms. The zero-order chi connectivity index (χ0) is 10.2. The van der Waals surface area contributed by atoms with Crippen LogP contribution in [0.1, 0.15) is 31.4 Å². The summed E-state index contributed by atoms with van der Waals surface area (Å²) in [6.07, 6.45) is 11.6. The molecule has 0 aliphatic heterocycles. The van der Waals surface area contributed by atoms with Gasteiger partial charge in [0.05, 0.1) is 6.26 Å². The average molecular weight is 191 g/mol. The molecule has 0 saturated heterocycles. The third-order valence-corrected chi connectivity index (χ3v) is 2.24. The topological polar surface area (TPSA) is 39.2 Å². The molecule has 1 aromatic rings. The minimum Gasteiger partial charge on any atom is -0.469 e. The standard InChI is InChI=1S/C12H17NO/c1-2-3-4-6-11(13)8-9-12-7-5-10-14-12/h1,5,7,10-11H,3-4,6,8-9,13H2. The third kappa shape index (κ3) is 4.15. The summed E-state index contributed by atoms with van der Waals surface area (Å²) in [7, 11) is 0. The summed E-state index contributed by atoms with van der Waals surface area (Å²) in [6, 6.07) is 4.13. The van der Waals surface area contributed by atoms with Gasteiger partial charge in [-0.1, -0.05) is 0 Å². The Balaban J connectivity index is 2.09. The summed E-state index contributed by atoms with van der Waals surface area (Å²) in [5, 5.41) is 0. The maximum atomic E-state index is 5.92. The Morgan fingerprint density at radius 3 is 3.00 bits per heavy atom. The van der Waals surface area contributed by atoms with Crippen molar-refractivity contribution < 1.29 is 4.42 Å². The number of unbranched alkanes of at least 4 members (excludes halogenated alkanes) is 1. The van der Waals surface area contributed by atoms with E-state index in [-0.39, 0.29) is 6.04 Å². The number of rotatable bonds is 6. The lowest BCUT2D eigenvalue weighted by Crippen LogP contribution is -2.20. The van der Waals surface area contributed by atoms with Crippen molar-refractivity contribution in [3.63, 3.8) is 0 Å². The number of aryl methyl sites for hydroxylation is 1. The van der Waals surface area contributed by atoms with Crippen molar-refractivity contribution in [1.29, 1.82) is 0 Å². The van der Waals surface area contributed by atoms with Crippen LogP contribution in [0.3, 0.4) is 0 Å². The largest absolute Gasteiger partial charge is 0.469 e. The molecule has 0 amide bonds. The lowest BCUT2D eigenvalue weighted by molar-refractivity contribution is 0.473. The molecule has 2 N–H and O–H groups in total. The van der Waals surface area contributed by atoms with E-state index >= 15 is 0 Å².